The van der Waals surface area contributed by atoms with E-state index in [4.69, 9.17) is 11.6 Å². The van der Waals surface area contributed by atoms with Crippen LogP contribution < -0.4 is 5.32 Å². The molecule has 1 aromatic heterocycles. The maximum Gasteiger partial charge on any atom is 0.255 e. The lowest BCUT2D eigenvalue weighted by atomic mass is 10.1. The minimum atomic E-state index is -0.313. The Morgan fingerprint density at radius 2 is 1.92 bits per heavy atom. The second-order valence-corrected chi connectivity index (χ2v) is 5.93. The number of carbonyl (C=O) groups excluding carboxylic acids is 1. The fraction of sp³-hybridized carbons (Fsp3) is 0.158. The number of hydrogen-bond acceptors (Lipinski definition) is 2. The van der Waals surface area contributed by atoms with E-state index in [9.17, 15) is 9.18 Å². The van der Waals surface area contributed by atoms with Gasteiger partial charge in [-0.05, 0) is 42.3 Å². The standard InChI is InChI=1S/C19H17ClFN3O/c1-2-18-16(12-23-24(18)15-9-7-14(21)8-10-15)19(25)22-11-13-5-3-4-6-17(13)20/h3-10,12H,2,11H2,1H3,(H,22,25). The third-order valence-corrected chi connectivity index (χ3v) is 4.29. The van der Waals surface area contributed by atoms with Crippen molar-refractivity contribution in [1.82, 2.24) is 15.1 Å². The van der Waals surface area contributed by atoms with Gasteiger partial charge in [-0.1, -0.05) is 36.7 Å². The van der Waals surface area contributed by atoms with E-state index in [1.165, 1.54) is 18.3 Å². The molecule has 3 rings (SSSR count). The molecular weight excluding hydrogens is 341 g/mol. The number of nitrogens with zero attached hydrogens (tertiary/aromatic N) is 2. The molecule has 0 radical (unpaired) electrons. The SMILES string of the molecule is CCc1c(C(=O)NCc2ccccc2Cl)cnn1-c1ccc(F)cc1. The van der Waals surface area contributed by atoms with Crippen LogP contribution in [0.1, 0.15) is 28.5 Å². The molecule has 25 heavy (non-hydrogen) atoms. The van der Waals surface area contributed by atoms with Crippen molar-refractivity contribution in [2.75, 3.05) is 0 Å². The number of hydrogen-bond donors (Lipinski definition) is 1. The summed E-state index contributed by atoms with van der Waals surface area (Å²) in [6.07, 6.45) is 2.15. The van der Waals surface area contributed by atoms with Crippen molar-refractivity contribution < 1.29 is 9.18 Å². The van der Waals surface area contributed by atoms with Crippen LogP contribution in [-0.4, -0.2) is 15.7 Å². The van der Waals surface area contributed by atoms with Crippen LogP contribution in [0.15, 0.2) is 54.7 Å². The van der Waals surface area contributed by atoms with E-state index < -0.39 is 0 Å². The molecule has 2 aromatic carbocycles. The van der Waals surface area contributed by atoms with Crippen molar-refractivity contribution in [1.29, 1.82) is 0 Å². The first-order valence-corrected chi connectivity index (χ1v) is 8.32. The zero-order valence-corrected chi connectivity index (χ0v) is 14.4. The molecule has 0 aliphatic rings. The van der Waals surface area contributed by atoms with E-state index in [1.54, 1.807) is 22.9 Å². The zero-order valence-electron chi connectivity index (χ0n) is 13.7. The van der Waals surface area contributed by atoms with Gasteiger partial charge in [-0.3, -0.25) is 4.79 Å². The third-order valence-electron chi connectivity index (χ3n) is 3.92. The van der Waals surface area contributed by atoms with Crippen LogP contribution in [0, 0.1) is 5.82 Å². The summed E-state index contributed by atoms with van der Waals surface area (Å²) in [6.45, 7) is 2.28. The van der Waals surface area contributed by atoms with Crippen molar-refractivity contribution in [2.24, 2.45) is 0 Å². The van der Waals surface area contributed by atoms with Crippen LogP contribution in [0.2, 0.25) is 5.02 Å². The van der Waals surface area contributed by atoms with Gasteiger partial charge in [0, 0.05) is 11.6 Å². The summed E-state index contributed by atoms with van der Waals surface area (Å²) in [5.41, 5.74) is 2.83. The van der Waals surface area contributed by atoms with Crippen LogP contribution in [-0.2, 0) is 13.0 Å². The summed E-state index contributed by atoms with van der Waals surface area (Å²) in [5, 5.41) is 7.77. The van der Waals surface area contributed by atoms with E-state index in [0.717, 1.165) is 11.3 Å². The van der Waals surface area contributed by atoms with Crippen molar-refractivity contribution >= 4 is 17.5 Å². The second-order valence-electron chi connectivity index (χ2n) is 5.52. The van der Waals surface area contributed by atoms with Crippen LogP contribution in [0.25, 0.3) is 5.69 Å². The molecule has 0 saturated carbocycles. The molecular formula is C19H17ClFN3O. The molecule has 0 unspecified atom stereocenters. The molecule has 1 N–H and O–H groups in total. The molecule has 3 aromatic rings. The van der Waals surface area contributed by atoms with Gasteiger partial charge in [0.1, 0.15) is 5.82 Å². The van der Waals surface area contributed by atoms with Gasteiger partial charge in [-0.25, -0.2) is 9.07 Å². The summed E-state index contributed by atoms with van der Waals surface area (Å²) in [5.74, 6) is -0.531. The lowest BCUT2D eigenvalue weighted by Crippen LogP contribution is -2.24. The smallest absolute Gasteiger partial charge is 0.255 e. The summed E-state index contributed by atoms with van der Waals surface area (Å²) >= 11 is 6.11. The van der Waals surface area contributed by atoms with Gasteiger partial charge in [-0.2, -0.15) is 5.10 Å². The first-order valence-electron chi connectivity index (χ1n) is 7.94. The summed E-state index contributed by atoms with van der Waals surface area (Å²) in [6, 6.07) is 13.4. The monoisotopic (exact) mass is 357 g/mol. The Kier molecular flexibility index (Phi) is 5.14. The molecule has 6 heteroatoms. The highest BCUT2D eigenvalue weighted by Crippen LogP contribution is 2.18. The van der Waals surface area contributed by atoms with Gasteiger partial charge in [-0.15, -0.1) is 0 Å². The van der Waals surface area contributed by atoms with Crippen LogP contribution in [0.5, 0.6) is 0 Å². The Labute approximate surface area is 150 Å². The van der Waals surface area contributed by atoms with Crippen LogP contribution >= 0.6 is 11.6 Å². The Morgan fingerprint density at radius 3 is 2.60 bits per heavy atom. The van der Waals surface area contributed by atoms with Gasteiger partial charge in [0.2, 0.25) is 0 Å². The van der Waals surface area contributed by atoms with Gasteiger partial charge in [0.05, 0.1) is 23.1 Å². The fourth-order valence-electron chi connectivity index (χ4n) is 2.62. The predicted octanol–water partition coefficient (Wildman–Crippen LogP) is 4.16. The fourth-order valence-corrected chi connectivity index (χ4v) is 2.82. The Morgan fingerprint density at radius 1 is 1.20 bits per heavy atom. The van der Waals surface area contributed by atoms with Crippen molar-refractivity contribution in [3.05, 3.63) is 82.4 Å². The average molecular weight is 358 g/mol. The Hall–Kier alpha value is -2.66. The molecule has 1 heterocycles. The number of nitrogens with one attached hydrogen (secondary N) is 1. The van der Waals surface area contributed by atoms with E-state index in [0.29, 0.717) is 29.2 Å². The predicted molar refractivity (Wildman–Crippen MR) is 95.5 cm³/mol. The number of aromatic nitrogens is 2. The minimum absolute atomic E-state index is 0.217. The Balaban J connectivity index is 1.81. The molecule has 0 aliphatic carbocycles. The minimum Gasteiger partial charge on any atom is -0.348 e. The largest absolute Gasteiger partial charge is 0.348 e. The van der Waals surface area contributed by atoms with E-state index >= 15 is 0 Å². The highest BCUT2D eigenvalue weighted by atomic mass is 35.5. The topological polar surface area (TPSA) is 46.9 Å². The molecule has 0 spiro atoms. The average Bonchev–Trinajstić information content (AvgIpc) is 3.05. The summed E-state index contributed by atoms with van der Waals surface area (Å²) < 4.78 is 14.8. The van der Waals surface area contributed by atoms with Gasteiger partial charge < -0.3 is 5.32 Å². The van der Waals surface area contributed by atoms with Crippen molar-refractivity contribution in [2.45, 2.75) is 19.9 Å². The molecule has 0 aliphatic heterocycles. The Bertz CT molecular complexity index is 890. The normalized spacial score (nSPS) is 10.7. The van der Waals surface area contributed by atoms with Gasteiger partial charge in [0.25, 0.3) is 5.91 Å². The number of rotatable bonds is 5. The number of benzene rings is 2. The summed E-state index contributed by atoms with van der Waals surface area (Å²) in [4.78, 5) is 12.5. The number of carbonyl (C=O) groups is 1. The molecule has 0 saturated heterocycles. The second kappa shape index (κ2) is 7.49. The lowest BCUT2D eigenvalue weighted by molar-refractivity contribution is 0.0950. The van der Waals surface area contributed by atoms with Crippen molar-refractivity contribution in [3.63, 3.8) is 0 Å². The maximum atomic E-state index is 13.1. The van der Waals surface area contributed by atoms with E-state index in [-0.39, 0.29) is 11.7 Å². The van der Waals surface area contributed by atoms with Gasteiger partial charge >= 0.3 is 0 Å². The van der Waals surface area contributed by atoms with E-state index in [2.05, 4.69) is 10.4 Å². The molecule has 1 amide bonds. The molecule has 0 fully saturated rings. The van der Waals surface area contributed by atoms with Crippen LogP contribution in [0.4, 0.5) is 4.39 Å². The maximum absolute atomic E-state index is 13.1. The molecule has 0 bridgehead atoms. The number of amides is 1. The van der Waals surface area contributed by atoms with Crippen molar-refractivity contribution in [3.8, 4) is 5.69 Å². The highest BCUT2D eigenvalue weighted by Gasteiger charge is 2.17. The number of halogens is 2. The third kappa shape index (κ3) is 3.72. The highest BCUT2D eigenvalue weighted by molar-refractivity contribution is 6.31. The molecule has 4 nitrogen and oxygen atoms in total. The molecule has 0 atom stereocenters. The van der Waals surface area contributed by atoms with Crippen LogP contribution in [0.3, 0.4) is 0 Å². The van der Waals surface area contributed by atoms with E-state index in [1.807, 2.05) is 25.1 Å². The first kappa shape index (κ1) is 17.2. The van der Waals surface area contributed by atoms with Gasteiger partial charge in [0.15, 0.2) is 0 Å². The summed E-state index contributed by atoms with van der Waals surface area (Å²) in [7, 11) is 0. The first-order chi connectivity index (χ1) is 12.1. The zero-order chi connectivity index (χ0) is 17.8. The lowest BCUT2D eigenvalue weighted by Gasteiger charge is -2.09. The molecule has 128 valence electrons. The quantitative estimate of drug-likeness (QED) is 0.745.